The molecular formula is C12H23F3N2O. The van der Waals surface area contributed by atoms with Gasteiger partial charge in [0.1, 0.15) is 0 Å². The van der Waals surface area contributed by atoms with Gasteiger partial charge < -0.3 is 10.4 Å². The van der Waals surface area contributed by atoms with E-state index in [1.165, 1.54) is 11.9 Å². The van der Waals surface area contributed by atoms with Gasteiger partial charge in [0.05, 0.1) is 13.2 Å². The van der Waals surface area contributed by atoms with Crippen LogP contribution in [0.3, 0.4) is 0 Å². The highest BCUT2D eigenvalue weighted by Gasteiger charge is 2.39. The minimum atomic E-state index is -4.16. The fourth-order valence-corrected chi connectivity index (χ4v) is 2.85. The molecule has 1 fully saturated rings. The van der Waals surface area contributed by atoms with Crippen LogP contribution >= 0.6 is 0 Å². The van der Waals surface area contributed by atoms with Crippen LogP contribution in [0.15, 0.2) is 0 Å². The van der Waals surface area contributed by atoms with Crippen LogP contribution in [0.5, 0.6) is 0 Å². The van der Waals surface area contributed by atoms with E-state index in [2.05, 4.69) is 5.32 Å². The van der Waals surface area contributed by atoms with E-state index >= 15 is 0 Å². The van der Waals surface area contributed by atoms with E-state index in [1.54, 1.807) is 0 Å². The lowest BCUT2D eigenvalue weighted by Gasteiger charge is -2.43. The second kappa shape index (κ2) is 6.21. The van der Waals surface area contributed by atoms with Gasteiger partial charge in [0.25, 0.3) is 0 Å². The predicted molar refractivity (Wildman–Crippen MR) is 64.4 cm³/mol. The summed E-state index contributed by atoms with van der Waals surface area (Å²) < 4.78 is 37.1. The predicted octanol–water partition coefficient (Wildman–Crippen LogP) is 1.76. The smallest absolute Gasteiger partial charge is 0.394 e. The highest BCUT2D eigenvalue weighted by Crippen LogP contribution is 2.31. The summed E-state index contributed by atoms with van der Waals surface area (Å²) in [6.07, 6.45) is -1.15. The molecule has 1 aliphatic rings. The topological polar surface area (TPSA) is 35.5 Å². The van der Waals surface area contributed by atoms with Crippen molar-refractivity contribution in [3.63, 3.8) is 0 Å². The molecule has 6 heteroatoms. The molecule has 0 spiro atoms. The van der Waals surface area contributed by atoms with E-state index in [9.17, 15) is 18.3 Å². The fraction of sp³-hybridized carbons (Fsp3) is 1.00. The molecule has 0 aromatic rings. The first kappa shape index (κ1) is 15.7. The molecule has 0 heterocycles. The molecule has 0 aromatic carbocycles. The number of aliphatic hydroxyl groups is 1. The Morgan fingerprint density at radius 1 is 1.44 bits per heavy atom. The Hall–Kier alpha value is -0.330. The van der Waals surface area contributed by atoms with Crippen molar-refractivity contribution in [1.82, 2.24) is 10.2 Å². The van der Waals surface area contributed by atoms with Gasteiger partial charge in [-0.15, -0.1) is 0 Å². The zero-order valence-corrected chi connectivity index (χ0v) is 11.1. The molecule has 108 valence electrons. The average molecular weight is 268 g/mol. The number of alkyl halides is 3. The van der Waals surface area contributed by atoms with E-state index in [0.29, 0.717) is 6.42 Å². The summed E-state index contributed by atoms with van der Waals surface area (Å²) in [5, 5.41) is 12.7. The van der Waals surface area contributed by atoms with Gasteiger partial charge in [0.2, 0.25) is 0 Å². The van der Waals surface area contributed by atoms with Crippen LogP contribution in [-0.4, -0.2) is 54.5 Å². The zero-order valence-electron chi connectivity index (χ0n) is 11.1. The minimum Gasteiger partial charge on any atom is -0.394 e. The Labute approximate surface area is 106 Å². The van der Waals surface area contributed by atoms with Crippen LogP contribution < -0.4 is 5.32 Å². The number of nitrogens with zero attached hydrogens (tertiary/aromatic N) is 1. The average Bonchev–Trinajstić information content (AvgIpc) is 2.27. The van der Waals surface area contributed by atoms with Crippen LogP contribution in [0, 0.1) is 0 Å². The van der Waals surface area contributed by atoms with E-state index < -0.39 is 18.3 Å². The molecule has 0 aromatic heterocycles. The van der Waals surface area contributed by atoms with Gasteiger partial charge in [-0.1, -0.05) is 6.92 Å². The number of hydrogen-bond donors (Lipinski definition) is 2. The molecule has 0 amide bonds. The molecule has 1 aliphatic carbocycles. The van der Waals surface area contributed by atoms with Crippen molar-refractivity contribution in [2.24, 2.45) is 0 Å². The first-order chi connectivity index (χ1) is 8.32. The van der Waals surface area contributed by atoms with Gasteiger partial charge in [0, 0.05) is 11.6 Å². The summed E-state index contributed by atoms with van der Waals surface area (Å²) in [5.41, 5.74) is -0.405. The molecule has 1 saturated carbocycles. The molecular weight excluding hydrogens is 245 g/mol. The maximum Gasteiger partial charge on any atom is 0.401 e. The summed E-state index contributed by atoms with van der Waals surface area (Å²) in [7, 11) is 1.51. The van der Waals surface area contributed by atoms with Crippen LogP contribution in [0.2, 0.25) is 0 Å². The van der Waals surface area contributed by atoms with Gasteiger partial charge in [0.15, 0.2) is 0 Å². The van der Waals surface area contributed by atoms with Crippen molar-refractivity contribution in [1.29, 1.82) is 0 Å². The maximum absolute atomic E-state index is 12.4. The monoisotopic (exact) mass is 268 g/mol. The molecule has 0 aliphatic heterocycles. The zero-order chi connectivity index (χ0) is 13.8. The van der Waals surface area contributed by atoms with Gasteiger partial charge in [-0.25, -0.2) is 0 Å². The molecule has 0 saturated heterocycles. The van der Waals surface area contributed by atoms with Crippen LogP contribution in [0.25, 0.3) is 0 Å². The quantitative estimate of drug-likeness (QED) is 0.797. The van der Waals surface area contributed by atoms with Crippen molar-refractivity contribution in [2.75, 3.05) is 26.7 Å². The van der Waals surface area contributed by atoms with Crippen LogP contribution in [0.1, 0.15) is 32.6 Å². The summed E-state index contributed by atoms with van der Waals surface area (Å²) in [5.74, 6) is 0. The minimum absolute atomic E-state index is 0.0167. The Morgan fingerprint density at radius 2 is 2.11 bits per heavy atom. The first-order valence-electron chi connectivity index (χ1n) is 6.45. The van der Waals surface area contributed by atoms with E-state index in [1.807, 2.05) is 6.92 Å². The lowest BCUT2D eigenvalue weighted by Crippen LogP contribution is -2.56. The van der Waals surface area contributed by atoms with Gasteiger partial charge in [-0.2, -0.15) is 13.2 Å². The molecule has 18 heavy (non-hydrogen) atoms. The molecule has 3 nitrogen and oxygen atoms in total. The third-order valence-electron chi connectivity index (χ3n) is 3.73. The van der Waals surface area contributed by atoms with E-state index in [-0.39, 0.29) is 12.6 Å². The van der Waals surface area contributed by atoms with E-state index in [4.69, 9.17) is 0 Å². The van der Waals surface area contributed by atoms with E-state index in [0.717, 1.165) is 25.8 Å². The molecule has 0 radical (unpaired) electrons. The Morgan fingerprint density at radius 3 is 2.61 bits per heavy atom. The lowest BCUT2D eigenvalue weighted by molar-refractivity contribution is -0.150. The van der Waals surface area contributed by atoms with Gasteiger partial charge >= 0.3 is 6.18 Å². The SMILES string of the molecule is CCNC1(CO)CCCC(N(C)CC(F)(F)F)C1. The van der Waals surface area contributed by atoms with Gasteiger partial charge in [-0.3, -0.25) is 4.90 Å². The van der Waals surface area contributed by atoms with Crippen molar-refractivity contribution in [2.45, 2.75) is 50.4 Å². The molecule has 1 rings (SSSR count). The summed E-state index contributed by atoms with van der Waals surface area (Å²) in [4.78, 5) is 1.36. The number of hydrogen-bond acceptors (Lipinski definition) is 3. The number of rotatable bonds is 5. The number of likely N-dealkylation sites (N-methyl/N-ethyl adjacent to an activating group) is 1. The first-order valence-corrected chi connectivity index (χ1v) is 6.45. The highest BCUT2D eigenvalue weighted by atomic mass is 19.4. The van der Waals surface area contributed by atoms with Crippen molar-refractivity contribution in [3.05, 3.63) is 0 Å². The third-order valence-corrected chi connectivity index (χ3v) is 3.73. The third kappa shape index (κ3) is 4.40. The van der Waals surface area contributed by atoms with Crippen LogP contribution in [-0.2, 0) is 0 Å². The second-order valence-electron chi connectivity index (χ2n) is 5.25. The molecule has 2 N–H and O–H groups in total. The second-order valence-corrected chi connectivity index (χ2v) is 5.25. The van der Waals surface area contributed by atoms with Gasteiger partial charge in [-0.05, 0) is 39.3 Å². The standard InChI is InChI=1S/C12H23F3N2O/c1-3-16-11(9-18)6-4-5-10(7-11)17(2)8-12(13,14)15/h10,16,18H,3-9H2,1-2H3. The highest BCUT2D eigenvalue weighted by molar-refractivity contribution is 4.96. The Balaban J connectivity index is 2.62. The summed E-state index contributed by atoms with van der Waals surface area (Å²) in [6.45, 7) is 1.76. The van der Waals surface area contributed by atoms with Crippen LogP contribution in [0.4, 0.5) is 13.2 Å². The number of nitrogens with one attached hydrogen (secondary N) is 1. The lowest BCUT2D eigenvalue weighted by atomic mass is 9.79. The summed E-state index contributed by atoms with van der Waals surface area (Å²) in [6, 6.07) is -0.119. The molecule has 0 bridgehead atoms. The fourth-order valence-electron chi connectivity index (χ4n) is 2.85. The van der Waals surface area contributed by atoms with Crippen molar-refractivity contribution < 1.29 is 18.3 Å². The maximum atomic E-state index is 12.4. The summed E-state index contributed by atoms with van der Waals surface area (Å²) >= 11 is 0. The normalized spacial score (nSPS) is 29.8. The van der Waals surface area contributed by atoms with Crippen molar-refractivity contribution in [3.8, 4) is 0 Å². The number of halogens is 3. The number of aliphatic hydroxyl groups excluding tert-OH is 1. The Bertz CT molecular complexity index is 256. The largest absolute Gasteiger partial charge is 0.401 e. The molecule has 2 atom stereocenters. The Kier molecular flexibility index (Phi) is 5.43. The molecule has 2 unspecified atom stereocenters. The van der Waals surface area contributed by atoms with Crippen molar-refractivity contribution >= 4 is 0 Å².